The minimum Gasteiger partial charge on any atom is -0.390 e. The third-order valence-corrected chi connectivity index (χ3v) is 8.08. The van der Waals surface area contributed by atoms with Gasteiger partial charge in [-0.3, -0.25) is 14.5 Å². The van der Waals surface area contributed by atoms with Crippen molar-refractivity contribution in [2.75, 3.05) is 56.6 Å². The number of H-pyrrole nitrogens is 1. The molecule has 2 amide bonds. The van der Waals surface area contributed by atoms with Crippen LogP contribution in [0.1, 0.15) is 38.4 Å². The lowest BCUT2D eigenvalue weighted by Crippen LogP contribution is -2.47. The molecule has 3 aromatic rings. The van der Waals surface area contributed by atoms with Crippen molar-refractivity contribution in [1.29, 1.82) is 0 Å². The lowest BCUT2D eigenvalue weighted by molar-refractivity contribution is -0.110. The highest BCUT2D eigenvalue weighted by Gasteiger charge is 2.32. The molecular weight excluding hydrogens is 544 g/mol. The van der Waals surface area contributed by atoms with E-state index in [9.17, 15) is 19.1 Å². The molecule has 0 radical (unpaired) electrons. The largest absolute Gasteiger partial charge is 0.390 e. The zero-order valence-electron chi connectivity index (χ0n) is 23.3. The number of rotatable bonds is 8. The molecule has 4 N–H and O–H groups in total. The molecule has 1 aromatic heterocycles. The fourth-order valence-electron chi connectivity index (χ4n) is 5.81. The van der Waals surface area contributed by atoms with Crippen molar-refractivity contribution in [3.05, 3.63) is 81.7 Å². The van der Waals surface area contributed by atoms with E-state index in [1.807, 2.05) is 6.92 Å². The summed E-state index contributed by atoms with van der Waals surface area (Å²) in [5.41, 5.74) is 4.84. The highest BCUT2D eigenvalue weighted by molar-refractivity contribution is 6.35. The van der Waals surface area contributed by atoms with Crippen molar-refractivity contribution in [3.8, 4) is 0 Å². The number of hydrogen-bond donors (Lipinski definition) is 4. The van der Waals surface area contributed by atoms with E-state index in [0.29, 0.717) is 66.4 Å². The summed E-state index contributed by atoms with van der Waals surface area (Å²) < 4.78 is 33.6. The van der Waals surface area contributed by atoms with Gasteiger partial charge in [-0.15, -0.1) is 0 Å². The third-order valence-electron chi connectivity index (χ3n) is 8.08. The number of β-amino-alcohol motifs (C(OH)–C–C–N with tert-alkyl or cyclic N) is 1. The summed E-state index contributed by atoms with van der Waals surface area (Å²) in [6, 6.07) is 8.78. The Hall–Kier alpha value is -4.06. The molecule has 220 valence electrons. The molecule has 0 spiro atoms. The average Bonchev–Trinajstić information content (AvgIpc) is 3.45. The van der Waals surface area contributed by atoms with E-state index < -0.39 is 11.9 Å². The molecule has 0 bridgehead atoms. The summed E-state index contributed by atoms with van der Waals surface area (Å²) in [4.78, 5) is 33.5. The van der Waals surface area contributed by atoms with Crippen molar-refractivity contribution in [2.45, 2.75) is 26.0 Å². The monoisotopic (exact) mass is 577 g/mol. The normalized spacial score (nSPS) is 18.7. The van der Waals surface area contributed by atoms with Crippen LogP contribution in [0.2, 0.25) is 0 Å². The van der Waals surface area contributed by atoms with Crippen LogP contribution in [0.25, 0.3) is 11.6 Å². The van der Waals surface area contributed by atoms with Gasteiger partial charge in [-0.1, -0.05) is 12.1 Å². The highest BCUT2D eigenvalue weighted by atomic mass is 19.1. The Labute approximate surface area is 242 Å². The molecule has 4 heterocycles. The third kappa shape index (κ3) is 5.67. The van der Waals surface area contributed by atoms with Gasteiger partial charge in [0, 0.05) is 62.6 Å². The second-order valence-corrected chi connectivity index (χ2v) is 11.0. The van der Waals surface area contributed by atoms with Crippen molar-refractivity contribution in [1.82, 2.24) is 14.8 Å². The molecule has 0 aliphatic carbocycles. The Morgan fingerprint density at radius 1 is 1.10 bits per heavy atom. The zero-order chi connectivity index (χ0) is 29.4. The Morgan fingerprint density at radius 3 is 2.62 bits per heavy atom. The van der Waals surface area contributed by atoms with Gasteiger partial charge in [-0.05, 0) is 48.4 Å². The number of aliphatic hydroxyl groups excluding tert-OH is 1. The number of carbonyl (C=O) groups is 2. The van der Waals surface area contributed by atoms with Gasteiger partial charge >= 0.3 is 0 Å². The summed E-state index contributed by atoms with van der Waals surface area (Å²) in [7, 11) is 0. The fourth-order valence-corrected chi connectivity index (χ4v) is 5.81. The predicted molar refractivity (Wildman–Crippen MR) is 155 cm³/mol. The Balaban J connectivity index is 1.18. The van der Waals surface area contributed by atoms with Crippen LogP contribution in [0.5, 0.6) is 0 Å². The minimum absolute atomic E-state index is 0.158. The van der Waals surface area contributed by atoms with E-state index >= 15 is 4.39 Å². The van der Waals surface area contributed by atoms with Crippen LogP contribution < -0.4 is 10.6 Å². The fraction of sp³-hybridized carbons (Fsp3) is 0.355. The van der Waals surface area contributed by atoms with Crippen LogP contribution >= 0.6 is 0 Å². The number of halogens is 2. The number of ether oxygens (including phenoxy) is 1. The van der Waals surface area contributed by atoms with Crippen LogP contribution in [0.3, 0.4) is 0 Å². The van der Waals surface area contributed by atoms with Crippen molar-refractivity contribution in [3.63, 3.8) is 0 Å². The molecular formula is C31H33F2N5O4. The number of fused-ring (bicyclic) bond motifs is 2. The molecule has 2 aromatic carbocycles. The van der Waals surface area contributed by atoms with E-state index in [-0.39, 0.29) is 36.4 Å². The zero-order valence-corrected chi connectivity index (χ0v) is 23.3. The van der Waals surface area contributed by atoms with E-state index in [1.54, 1.807) is 29.2 Å². The van der Waals surface area contributed by atoms with Crippen LogP contribution in [0.15, 0.2) is 36.4 Å². The lowest BCUT2D eigenvalue weighted by atomic mass is 10.0. The number of aliphatic hydroxyl groups is 1. The van der Waals surface area contributed by atoms with Gasteiger partial charge < -0.3 is 30.4 Å². The number of anilines is 2. The molecule has 11 heteroatoms. The van der Waals surface area contributed by atoms with Gasteiger partial charge in [0.2, 0.25) is 0 Å². The topological polar surface area (TPSA) is 110 Å². The first-order valence-electron chi connectivity index (χ1n) is 14.1. The molecule has 9 nitrogen and oxygen atoms in total. The summed E-state index contributed by atoms with van der Waals surface area (Å²) in [6.07, 6.45) is 1.58. The van der Waals surface area contributed by atoms with Gasteiger partial charge in [0.15, 0.2) is 0 Å². The number of nitrogens with zero attached hydrogens (tertiary/aromatic N) is 2. The average molecular weight is 578 g/mol. The maximum atomic E-state index is 15.1. The molecule has 1 fully saturated rings. The van der Waals surface area contributed by atoms with E-state index in [2.05, 4.69) is 20.5 Å². The maximum absolute atomic E-state index is 15.1. The number of hydrogen-bond acceptors (Lipinski definition) is 6. The number of benzene rings is 2. The molecule has 42 heavy (non-hydrogen) atoms. The van der Waals surface area contributed by atoms with Gasteiger partial charge in [-0.2, -0.15) is 0 Å². The smallest absolute Gasteiger partial charge is 0.256 e. The summed E-state index contributed by atoms with van der Waals surface area (Å²) in [5, 5.41) is 16.5. The number of aromatic amines is 1. The predicted octanol–water partition coefficient (Wildman–Crippen LogP) is 3.40. The number of aromatic nitrogens is 1. The first-order chi connectivity index (χ1) is 20.3. The molecule has 3 aliphatic rings. The Morgan fingerprint density at radius 2 is 1.86 bits per heavy atom. The first kappa shape index (κ1) is 28.1. The second kappa shape index (κ2) is 11.7. The highest BCUT2D eigenvalue weighted by Crippen LogP contribution is 2.37. The Bertz CT molecular complexity index is 1550. The molecule has 1 atom stereocenters. The quantitative estimate of drug-likeness (QED) is 0.306. The van der Waals surface area contributed by atoms with E-state index in [0.717, 1.165) is 24.3 Å². The molecule has 3 aliphatic heterocycles. The number of morpholine rings is 1. The SMILES string of the molecule is Cc1c(C=C2C(=O)Nc3cc(NCc4ccc(F)cc4)c(F)cc32)[nH]c2c1C(=O)N(C[C@H](O)CN1CCOCC1)CC2. The molecule has 1 saturated heterocycles. The molecule has 6 rings (SSSR count). The number of nitrogens with one attached hydrogen (secondary N) is 3. The standard InChI is InChI=1S/C31H33F2N5O4/c1-18-26(35-25-6-7-38(31(41)29(18)25)17-21(39)16-37-8-10-42-11-9-37)13-23-22-12-24(33)28(14-27(22)36-30(23)40)34-15-19-2-4-20(32)5-3-19/h2-5,12-14,21,34-35,39H,6-11,15-17H2,1H3,(H,36,40)/t21-/m1/s1. The van der Waals surface area contributed by atoms with Gasteiger partial charge in [0.05, 0.1) is 41.8 Å². The number of amides is 2. The van der Waals surface area contributed by atoms with Crippen LogP contribution in [0, 0.1) is 18.6 Å². The first-order valence-corrected chi connectivity index (χ1v) is 14.1. The van der Waals surface area contributed by atoms with Gasteiger partial charge in [0.1, 0.15) is 11.6 Å². The molecule has 0 unspecified atom stereocenters. The van der Waals surface area contributed by atoms with Gasteiger partial charge in [-0.25, -0.2) is 8.78 Å². The summed E-state index contributed by atoms with van der Waals surface area (Å²) in [5.74, 6) is -1.40. The summed E-state index contributed by atoms with van der Waals surface area (Å²) in [6.45, 7) is 6.12. The van der Waals surface area contributed by atoms with E-state index in [1.165, 1.54) is 18.2 Å². The minimum atomic E-state index is -0.668. The van der Waals surface area contributed by atoms with Gasteiger partial charge in [0.25, 0.3) is 11.8 Å². The molecule has 0 saturated carbocycles. The van der Waals surface area contributed by atoms with Crippen molar-refractivity contribution < 1.29 is 28.2 Å². The lowest BCUT2D eigenvalue weighted by Gasteiger charge is -2.32. The van der Waals surface area contributed by atoms with Crippen molar-refractivity contribution >= 4 is 34.8 Å². The Kier molecular flexibility index (Phi) is 7.80. The van der Waals surface area contributed by atoms with Crippen LogP contribution in [-0.4, -0.2) is 83.7 Å². The maximum Gasteiger partial charge on any atom is 0.256 e. The van der Waals surface area contributed by atoms with E-state index in [4.69, 9.17) is 4.74 Å². The summed E-state index contributed by atoms with van der Waals surface area (Å²) >= 11 is 0. The van der Waals surface area contributed by atoms with Crippen LogP contribution in [0.4, 0.5) is 20.2 Å². The van der Waals surface area contributed by atoms with Crippen LogP contribution in [-0.2, 0) is 22.5 Å². The number of carbonyl (C=O) groups excluding carboxylic acids is 2. The van der Waals surface area contributed by atoms with Crippen molar-refractivity contribution in [2.24, 2.45) is 0 Å². The second-order valence-electron chi connectivity index (χ2n) is 11.0.